The zero-order valence-electron chi connectivity index (χ0n) is 15.8. The number of benzene rings is 1. The Balaban J connectivity index is 1.55. The van der Waals surface area contributed by atoms with E-state index in [1.165, 1.54) is 0 Å². The minimum Gasteiger partial charge on any atom is -0.445 e. The van der Waals surface area contributed by atoms with E-state index >= 15 is 0 Å². The molecule has 0 radical (unpaired) electrons. The standard InChI is InChI=1S/C21H27N3O3/c1-23-13-8-12-18(23)19-11-6-3-7-14-24(19)20(25)15-22-21(26)27-16-17-9-4-2-5-10-17/h2,4-5,8-10,12-13,19H,3,6-7,11,14-16H2,1H3,(H,22,26). The fraction of sp³-hybridized carbons (Fsp3) is 0.429. The summed E-state index contributed by atoms with van der Waals surface area (Å²) in [5, 5.41) is 2.59. The SMILES string of the molecule is Cn1cccc1C1CCCCCN1C(=O)CNC(=O)OCc1ccccc1. The van der Waals surface area contributed by atoms with Crippen molar-refractivity contribution in [2.24, 2.45) is 7.05 Å². The Labute approximate surface area is 160 Å². The highest BCUT2D eigenvalue weighted by molar-refractivity contribution is 5.82. The molecule has 3 rings (SSSR count). The molecule has 1 N–H and O–H groups in total. The molecule has 6 heteroatoms. The molecule has 1 unspecified atom stereocenters. The van der Waals surface area contributed by atoms with E-state index in [1.54, 1.807) is 0 Å². The number of ether oxygens (including phenoxy) is 1. The molecule has 1 aromatic carbocycles. The van der Waals surface area contributed by atoms with Gasteiger partial charge >= 0.3 is 6.09 Å². The molecule has 1 aliphatic heterocycles. The molecule has 0 saturated carbocycles. The van der Waals surface area contributed by atoms with Crippen LogP contribution in [0.3, 0.4) is 0 Å². The van der Waals surface area contributed by atoms with Gasteiger partial charge in [-0.1, -0.05) is 43.2 Å². The average molecular weight is 369 g/mol. The highest BCUT2D eigenvalue weighted by atomic mass is 16.5. The molecular formula is C21H27N3O3. The molecule has 1 aliphatic rings. The van der Waals surface area contributed by atoms with Crippen LogP contribution in [-0.2, 0) is 23.2 Å². The molecule has 2 aromatic rings. The summed E-state index contributed by atoms with van der Waals surface area (Å²) in [5.41, 5.74) is 2.05. The van der Waals surface area contributed by atoms with E-state index in [0.717, 1.165) is 43.5 Å². The second kappa shape index (κ2) is 9.26. The van der Waals surface area contributed by atoms with Crippen LogP contribution in [0.5, 0.6) is 0 Å². The quantitative estimate of drug-likeness (QED) is 0.879. The first-order chi connectivity index (χ1) is 13.1. The van der Waals surface area contributed by atoms with E-state index in [-0.39, 0.29) is 25.1 Å². The monoisotopic (exact) mass is 369 g/mol. The summed E-state index contributed by atoms with van der Waals surface area (Å²) >= 11 is 0. The van der Waals surface area contributed by atoms with Gasteiger partial charge in [-0.05, 0) is 30.5 Å². The average Bonchev–Trinajstić information content (AvgIpc) is 2.97. The number of hydrogen-bond donors (Lipinski definition) is 1. The number of likely N-dealkylation sites (tertiary alicyclic amines) is 1. The summed E-state index contributed by atoms with van der Waals surface area (Å²) in [6.45, 7) is 0.862. The molecule has 1 saturated heterocycles. The van der Waals surface area contributed by atoms with Crippen molar-refractivity contribution in [3.8, 4) is 0 Å². The molecule has 0 aliphatic carbocycles. The Morgan fingerprint density at radius 2 is 1.93 bits per heavy atom. The maximum absolute atomic E-state index is 12.8. The summed E-state index contributed by atoms with van der Waals surface area (Å²) in [6.07, 6.45) is 5.59. The smallest absolute Gasteiger partial charge is 0.407 e. The first-order valence-electron chi connectivity index (χ1n) is 9.50. The Morgan fingerprint density at radius 3 is 2.67 bits per heavy atom. The van der Waals surface area contributed by atoms with Crippen molar-refractivity contribution in [2.75, 3.05) is 13.1 Å². The number of carbonyl (C=O) groups is 2. The number of carbonyl (C=O) groups excluding carboxylic acids is 2. The second-order valence-corrected chi connectivity index (χ2v) is 6.91. The normalized spacial score (nSPS) is 17.2. The van der Waals surface area contributed by atoms with Crippen molar-refractivity contribution in [3.63, 3.8) is 0 Å². The number of hydrogen-bond acceptors (Lipinski definition) is 3. The van der Waals surface area contributed by atoms with Crippen LogP contribution < -0.4 is 5.32 Å². The number of rotatable bonds is 5. The highest BCUT2D eigenvalue weighted by Crippen LogP contribution is 2.30. The van der Waals surface area contributed by atoms with Crippen molar-refractivity contribution >= 4 is 12.0 Å². The van der Waals surface area contributed by atoms with Crippen LogP contribution in [0.15, 0.2) is 48.7 Å². The van der Waals surface area contributed by atoms with Gasteiger partial charge in [0.25, 0.3) is 0 Å². The molecule has 6 nitrogen and oxygen atoms in total. The van der Waals surface area contributed by atoms with Crippen molar-refractivity contribution in [2.45, 2.75) is 38.3 Å². The van der Waals surface area contributed by atoms with Crippen LogP contribution in [-0.4, -0.2) is 34.6 Å². The van der Waals surface area contributed by atoms with Crippen molar-refractivity contribution in [1.29, 1.82) is 0 Å². The molecule has 0 spiro atoms. The molecular weight excluding hydrogens is 342 g/mol. The number of alkyl carbamates (subject to hydrolysis) is 1. The third kappa shape index (κ3) is 5.12. The predicted octanol–water partition coefficient (Wildman–Crippen LogP) is 3.40. The maximum Gasteiger partial charge on any atom is 0.407 e. The van der Waals surface area contributed by atoms with Gasteiger partial charge in [0.15, 0.2) is 0 Å². The fourth-order valence-electron chi connectivity index (χ4n) is 3.56. The molecule has 2 heterocycles. The van der Waals surface area contributed by atoms with Gasteiger partial charge in [0, 0.05) is 25.5 Å². The summed E-state index contributed by atoms with van der Waals surface area (Å²) in [6, 6.07) is 13.6. The van der Waals surface area contributed by atoms with Crippen LogP contribution in [0.2, 0.25) is 0 Å². The van der Waals surface area contributed by atoms with E-state index in [0.29, 0.717) is 0 Å². The van der Waals surface area contributed by atoms with E-state index < -0.39 is 6.09 Å². The number of aryl methyl sites for hydroxylation is 1. The summed E-state index contributed by atoms with van der Waals surface area (Å²) < 4.78 is 7.25. The molecule has 1 atom stereocenters. The van der Waals surface area contributed by atoms with Crippen molar-refractivity contribution in [1.82, 2.24) is 14.8 Å². The third-order valence-corrected chi connectivity index (χ3v) is 5.00. The van der Waals surface area contributed by atoms with Crippen LogP contribution in [0.1, 0.15) is 43.0 Å². The highest BCUT2D eigenvalue weighted by Gasteiger charge is 2.28. The van der Waals surface area contributed by atoms with E-state index in [9.17, 15) is 9.59 Å². The van der Waals surface area contributed by atoms with Crippen LogP contribution >= 0.6 is 0 Å². The minimum absolute atomic E-state index is 0.0471. The van der Waals surface area contributed by atoms with Gasteiger partial charge in [-0.25, -0.2) is 4.79 Å². The van der Waals surface area contributed by atoms with E-state index in [4.69, 9.17) is 4.74 Å². The van der Waals surface area contributed by atoms with Crippen LogP contribution in [0.4, 0.5) is 4.79 Å². The fourth-order valence-corrected chi connectivity index (χ4v) is 3.56. The molecule has 1 aromatic heterocycles. The van der Waals surface area contributed by atoms with Gasteiger partial charge in [0.1, 0.15) is 13.2 Å². The van der Waals surface area contributed by atoms with Crippen molar-refractivity contribution < 1.29 is 14.3 Å². The Hall–Kier alpha value is -2.76. The lowest BCUT2D eigenvalue weighted by Crippen LogP contribution is -2.42. The van der Waals surface area contributed by atoms with Gasteiger partial charge in [-0.3, -0.25) is 4.79 Å². The summed E-state index contributed by atoms with van der Waals surface area (Å²) in [7, 11) is 2.00. The predicted molar refractivity (Wildman–Crippen MR) is 103 cm³/mol. The second-order valence-electron chi connectivity index (χ2n) is 6.91. The number of nitrogens with one attached hydrogen (secondary N) is 1. The molecule has 144 valence electrons. The van der Waals surface area contributed by atoms with E-state index in [2.05, 4.69) is 16.0 Å². The third-order valence-electron chi connectivity index (χ3n) is 5.00. The van der Waals surface area contributed by atoms with Crippen LogP contribution in [0.25, 0.3) is 0 Å². The van der Waals surface area contributed by atoms with Gasteiger partial charge in [0.05, 0.1) is 6.04 Å². The lowest BCUT2D eigenvalue weighted by molar-refractivity contribution is -0.132. The number of aromatic nitrogens is 1. The zero-order valence-corrected chi connectivity index (χ0v) is 15.8. The lowest BCUT2D eigenvalue weighted by Gasteiger charge is -2.30. The van der Waals surface area contributed by atoms with Crippen LogP contribution in [0, 0.1) is 0 Å². The van der Waals surface area contributed by atoms with E-state index in [1.807, 2.05) is 54.5 Å². The van der Waals surface area contributed by atoms with Gasteiger partial charge in [0.2, 0.25) is 5.91 Å². The van der Waals surface area contributed by atoms with Gasteiger partial charge in [-0.15, -0.1) is 0 Å². The Bertz CT molecular complexity index is 757. The molecule has 2 amide bonds. The Kier molecular flexibility index (Phi) is 6.52. The summed E-state index contributed by atoms with van der Waals surface area (Å²) in [5.74, 6) is -0.0697. The van der Waals surface area contributed by atoms with Gasteiger partial charge in [-0.2, -0.15) is 0 Å². The topological polar surface area (TPSA) is 63.6 Å². The largest absolute Gasteiger partial charge is 0.445 e. The lowest BCUT2D eigenvalue weighted by atomic mass is 10.1. The molecule has 27 heavy (non-hydrogen) atoms. The first kappa shape index (κ1) is 19.0. The minimum atomic E-state index is -0.572. The maximum atomic E-state index is 12.8. The molecule has 0 bridgehead atoms. The van der Waals surface area contributed by atoms with Crippen molar-refractivity contribution in [3.05, 3.63) is 59.9 Å². The molecule has 1 fully saturated rings. The zero-order chi connectivity index (χ0) is 19.1. The van der Waals surface area contributed by atoms with Gasteiger partial charge < -0.3 is 19.5 Å². The number of nitrogens with zero attached hydrogens (tertiary/aromatic N) is 2. The Morgan fingerprint density at radius 1 is 1.11 bits per heavy atom. The first-order valence-corrected chi connectivity index (χ1v) is 9.50. The number of amides is 2. The summed E-state index contributed by atoms with van der Waals surface area (Å²) in [4.78, 5) is 26.6.